The summed E-state index contributed by atoms with van der Waals surface area (Å²) in [5.74, 6) is -0.254. The predicted molar refractivity (Wildman–Crippen MR) is 72.0 cm³/mol. The van der Waals surface area contributed by atoms with Crippen LogP contribution in [0.25, 0.3) is 0 Å². The monoisotopic (exact) mass is 282 g/mol. The van der Waals surface area contributed by atoms with Crippen LogP contribution in [0.3, 0.4) is 0 Å². The number of rotatable bonds is 2. The van der Waals surface area contributed by atoms with Crippen molar-refractivity contribution < 1.29 is 4.92 Å². The van der Waals surface area contributed by atoms with Gasteiger partial charge in [-0.25, -0.2) is 0 Å². The Balaban J connectivity index is 2.11. The van der Waals surface area contributed by atoms with Crippen LogP contribution in [0.5, 0.6) is 0 Å². The van der Waals surface area contributed by atoms with Crippen LogP contribution in [0, 0.1) is 10.1 Å². The van der Waals surface area contributed by atoms with Crippen molar-refractivity contribution in [3.8, 4) is 0 Å². The van der Waals surface area contributed by atoms with Gasteiger partial charge in [0.1, 0.15) is 0 Å². The standard InChI is InChI=1S/C10H7ClN4O2S/c11-7-1-3-8(4-2-7)12-10(18)14-6-5-9(13-14)15(16)17/h1-6H,(H,12,18). The number of halogens is 1. The van der Waals surface area contributed by atoms with Gasteiger partial charge in [0.2, 0.25) is 5.11 Å². The molecule has 1 aromatic carbocycles. The minimum atomic E-state index is -0.582. The van der Waals surface area contributed by atoms with Crippen molar-refractivity contribution in [2.24, 2.45) is 0 Å². The molecule has 0 fully saturated rings. The molecule has 0 bridgehead atoms. The minimum absolute atomic E-state index is 0.241. The number of benzene rings is 1. The first-order chi connectivity index (χ1) is 8.56. The summed E-state index contributed by atoms with van der Waals surface area (Å²) in [6.07, 6.45) is 1.42. The van der Waals surface area contributed by atoms with Gasteiger partial charge >= 0.3 is 5.82 Å². The van der Waals surface area contributed by atoms with E-state index in [0.717, 1.165) is 5.69 Å². The highest BCUT2D eigenvalue weighted by Gasteiger charge is 2.13. The van der Waals surface area contributed by atoms with Gasteiger partial charge in [0.05, 0.1) is 17.4 Å². The molecular formula is C10H7ClN4O2S. The zero-order valence-corrected chi connectivity index (χ0v) is 10.5. The maximum atomic E-state index is 10.5. The molecule has 1 N–H and O–H groups in total. The lowest BCUT2D eigenvalue weighted by Gasteiger charge is -2.04. The van der Waals surface area contributed by atoms with Gasteiger partial charge in [-0.05, 0) is 41.4 Å². The number of nitrogens with one attached hydrogen (secondary N) is 1. The first kappa shape index (κ1) is 12.5. The maximum absolute atomic E-state index is 10.5. The van der Waals surface area contributed by atoms with Crippen molar-refractivity contribution in [2.45, 2.75) is 0 Å². The molecule has 0 aliphatic rings. The second kappa shape index (κ2) is 5.11. The molecule has 0 aliphatic heterocycles. The molecule has 18 heavy (non-hydrogen) atoms. The van der Waals surface area contributed by atoms with Gasteiger partial charge in [-0.3, -0.25) is 0 Å². The number of thiocarbonyl (C=S) groups is 1. The van der Waals surface area contributed by atoms with Crippen molar-refractivity contribution in [2.75, 3.05) is 5.32 Å². The normalized spacial score (nSPS) is 10.1. The summed E-state index contributed by atoms with van der Waals surface area (Å²) in [7, 11) is 0. The van der Waals surface area contributed by atoms with E-state index >= 15 is 0 Å². The van der Waals surface area contributed by atoms with E-state index in [-0.39, 0.29) is 10.9 Å². The Labute approximate surface area is 112 Å². The van der Waals surface area contributed by atoms with E-state index in [2.05, 4.69) is 10.4 Å². The molecule has 0 unspecified atom stereocenters. The number of hydrogen-bond acceptors (Lipinski definition) is 4. The van der Waals surface area contributed by atoms with Gasteiger partial charge in [0.15, 0.2) is 0 Å². The molecule has 2 aromatic rings. The fourth-order valence-corrected chi connectivity index (χ4v) is 1.58. The summed E-state index contributed by atoms with van der Waals surface area (Å²) < 4.78 is 1.22. The van der Waals surface area contributed by atoms with Crippen LogP contribution in [-0.4, -0.2) is 19.8 Å². The van der Waals surface area contributed by atoms with E-state index in [0.29, 0.717) is 5.02 Å². The number of nitro groups is 1. The van der Waals surface area contributed by atoms with Crippen LogP contribution in [-0.2, 0) is 0 Å². The average Bonchev–Trinajstić information content (AvgIpc) is 2.81. The van der Waals surface area contributed by atoms with Gasteiger partial charge in [0.25, 0.3) is 0 Å². The molecule has 0 saturated heterocycles. The molecule has 0 spiro atoms. The van der Waals surface area contributed by atoms with Crippen LogP contribution >= 0.6 is 23.8 Å². The highest BCUT2D eigenvalue weighted by atomic mass is 35.5. The molecule has 92 valence electrons. The molecule has 1 aromatic heterocycles. The summed E-state index contributed by atoms with van der Waals surface area (Å²) in [4.78, 5) is 9.90. The topological polar surface area (TPSA) is 73.0 Å². The van der Waals surface area contributed by atoms with Gasteiger partial charge in [-0.2, -0.15) is 0 Å². The molecule has 2 rings (SSSR count). The molecule has 1 heterocycles. The third-order valence-corrected chi connectivity index (χ3v) is 2.61. The third kappa shape index (κ3) is 2.82. The Morgan fingerprint density at radius 1 is 1.39 bits per heavy atom. The van der Waals surface area contributed by atoms with Crippen LogP contribution in [0.2, 0.25) is 5.02 Å². The summed E-state index contributed by atoms with van der Waals surface area (Å²) in [5.41, 5.74) is 0.725. The predicted octanol–water partition coefficient (Wildman–Crippen LogP) is 2.69. The smallest absolute Gasteiger partial charge is 0.358 e. The minimum Gasteiger partial charge on any atom is -0.358 e. The van der Waals surface area contributed by atoms with Crippen LogP contribution in [0.1, 0.15) is 0 Å². The highest BCUT2D eigenvalue weighted by Crippen LogP contribution is 2.14. The van der Waals surface area contributed by atoms with E-state index in [1.54, 1.807) is 24.3 Å². The third-order valence-electron chi connectivity index (χ3n) is 2.07. The van der Waals surface area contributed by atoms with E-state index in [1.807, 2.05) is 0 Å². The van der Waals surface area contributed by atoms with E-state index in [4.69, 9.17) is 23.8 Å². The van der Waals surface area contributed by atoms with Gasteiger partial charge < -0.3 is 15.4 Å². The van der Waals surface area contributed by atoms with Gasteiger partial charge in [-0.15, -0.1) is 4.68 Å². The van der Waals surface area contributed by atoms with Crippen molar-refractivity contribution in [3.63, 3.8) is 0 Å². The molecule has 0 saturated carbocycles. The lowest BCUT2D eigenvalue weighted by molar-refractivity contribution is -0.389. The quantitative estimate of drug-likeness (QED) is 0.521. The summed E-state index contributed by atoms with van der Waals surface area (Å²) in [5, 5.41) is 17.9. The molecule has 8 heteroatoms. The van der Waals surface area contributed by atoms with Crippen LogP contribution < -0.4 is 5.32 Å². The summed E-state index contributed by atoms with van der Waals surface area (Å²) in [6.45, 7) is 0. The van der Waals surface area contributed by atoms with E-state index in [9.17, 15) is 10.1 Å². The molecule has 0 amide bonds. The zero-order chi connectivity index (χ0) is 13.1. The van der Waals surface area contributed by atoms with Crippen molar-refractivity contribution in [1.82, 2.24) is 9.78 Å². The van der Waals surface area contributed by atoms with Crippen molar-refractivity contribution in [1.29, 1.82) is 0 Å². The van der Waals surface area contributed by atoms with Crippen molar-refractivity contribution >= 4 is 40.4 Å². The SMILES string of the molecule is O=[N+]([O-])c1ccn(C(=S)Nc2ccc(Cl)cc2)n1. The highest BCUT2D eigenvalue weighted by molar-refractivity contribution is 7.80. The largest absolute Gasteiger partial charge is 0.390 e. The lowest BCUT2D eigenvalue weighted by Crippen LogP contribution is -2.19. The molecule has 6 nitrogen and oxygen atoms in total. The van der Waals surface area contributed by atoms with Gasteiger partial charge in [-0.1, -0.05) is 11.6 Å². The van der Waals surface area contributed by atoms with Crippen LogP contribution in [0.4, 0.5) is 11.5 Å². The second-order valence-corrected chi connectivity index (χ2v) is 4.14. The van der Waals surface area contributed by atoms with E-state index < -0.39 is 4.92 Å². The Kier molecular flexibility index (Phi) is 3.54. The fraction of sp³-hybridized carbons (Fsp3) is 0. The maximum Gasteiger partial charge on any atom is 0.390 e. The fourth-order valence-electron chi connectivity index (χ4n) is 1.24. The number of anilines is 1. The Morgan fingerprint density at radius 2 is 2.06 bits per heavy atom. The first-order valence-electron chi connectivity index (χ1n) is 4.83. The van der Waals surface area contributed by atoms with Crippen LogP contribution in [0.15, 0.2) is 36.5 Å². The zero-order valence-electron chi connectivity index (χ0n) is 8.91. The van der Waals surface area contributed by atoms with Gasteiger partial charge in [0, 0.05) is 10.7 Å². The first-order valence-corrected chi connectivity index (χ1v) is 5.62. The molecular weight excluding hydrogens is 276 g/mol. The number of hydrogen-bond donors (Lipinski definition) is 1. The average molecular weight is 283 g/mol. The van der Waals surface area contributed by atoms with E-state index in [1.165, 1.54) is 16.9 Å². The number of aromatic nitrogens is 2. The Bertz CT molecular complexity index is 596. The Hall–Kier alpha value is -1.99. The summed E-state index contributed by atoms with van der Waals surface area (Å²) >= 11 is 10.8. The van der Waals surface area contributed by atoms with Crippen molar-refractivity contribution in [3.05, 3.63) is 51.7 Å². The summed E-state index contributed by atoms with van der Waals surface area (Å²) in [6, 6.07) is 8.17. The molecule has 0 atom stereocenters. The Morgan fingerprint density at radius 3 is 2.61 bits per heavy atom. The number of nitrogens with zero attached hydrogens (tertiary/aromatic N) is 3. The molecule has 0 radical (unpaired) electrons. The lowest BCUT2D eigenvalue weighted by atomic mass is 10.3. The molecule has 0 aliphatic carbocycles. The second-order valence-electron chi connectivity index (χ2n) is 3.31.